The molecule has 0 bridgehead atoms. The van der Waals surface area contributed by atoms with E-state index >= 15 is 0 Å². The first-order chi connectivity index (χ1) is 9.65. The van der Waals surface area contributed by atoms with Crippen molar-refractivity contribution in [1.29, 1.82) is 0 Å². The molecule has 1 aliphatic rings. The third-order valence-corrected chi connectivity index (χ3v) is 4.58. The smallest absolute Gasteiger partial charge is 0.126 e. The molecule has 1 aromatic rings. The van der Waals surface area contributed by atoms with E-state index in [-0.39, 0.29) is 11.9 Å². The van der Waals surface area contributed by atoms with Gasteiger partial charge in [-0.05, 0) is 56.0 Å². The Labute approximate surface area is 122 Å². The molecule has 1 fully saturated rings. The van der Waals surface area contributed by atoms with Crippen LogP contribution in [0.5, 0.6) is 0 Å². The summed E-state index contributed by atoms with van der Waals surface area (Å²) >= 11 is 0. The normalized spacial score (nSPS) is 19.2. The Kier molecular flexibility index (Phi) is 5.55. The van der Waals surface area contributed by atoms with E-state index in [4.69, 9.17) is 5.73 Å². The van der Waals surface area contributed by atoms with Gasteiger partial charge in [-0.15, -0.1) is 0 Å². The second-order valence-corrected chi connectivity index (χ2v) is 6.03. The fourth-order valence-electron chi connectivity index (χ4n) is 3.33. The summed E-state index contributed by atoms with van der Waals surface area (Å²) in [5.74, 6) is 0.746. The molecule has 0 radical (unpaired) electrons. The maximum Gasteiger partial charge on any atom is 0.126 e. The van der Waals surface area contributed by atoms with Crippen molar-refractivity contribution in [2.24, 2.45) is 11.7 Å². The van der Waals surface area contributed by atoms with Crippen molar-refractivity contribution in [3.05, 3.63) is 35.1 Å². The van der Waals surface area contributed by atoms with Gasteiger partial charge in [0.05, 0.1) is 0 Å². The van der Waals surface area contributed by atoms with Gasteiger partial charge in [0.1, 0.15) is 5.82 Å². The topological polar surface area (TPSA) is 29.3 Å². The highest BCUT2D eigenvalue weighted by Gasteiger charge is 2.25. The SMILES string of the molecule is CCCC1CCN(C(CN)c2ccc(F)c(C)c2)CC1. The van der Waals surface area contributed by atoms with Crippen LogP contribution in [0.2, 0.25) is 0 Å². The second kappa shape index (κ2) is 7.19. The predicted molar refractivity (Wildman–Crippen MR) is 82.1 cm³/mol. The minimum Gasteiger partial charge on any atom is -0.329 e. The highest BCUT2D eigenvalue weighted by Crippen LogP contribution is 2.29. The summed E-state index contributed by atoms with van der Waals surface area (Å²) in [7, 11) is 0. The van der Waals surface area contributed by atoms with Crippen LogP contribution >= 0.6 is 0 Å². The number of piperidine rings is 1. The number of benzene rings is 1. The van der Waals surface area contributed by atoms with Gasteiger partial charge >= 0.3 is 0 Å². The number of rotatable bonds is 5. The molecule has 0 aliphatic carbocycles. The zero-order chi connectivity index (χ0) is 14.5. The Bertz CT molecular complexity index is 425. The maximum atomic E-state index is 13.4. The third-order valence-electron chi connectivity index (χ3n) is 4.58. The molecular formula is C17H27FN2. The van der Waals surface area contributed by atoms with Gasteiger partial charge in [-0.3, -0.25) is 4.90 Å². The number of hydrogen-bond donors (Lipinski definition) is 1. The van der Waals surface area contributed by atoms with E-state index in [0.29, 0.717) is 12.1 Å². The Hall–Kier alpha value is -0.930. The first-order valence-electron chi connectivity index (χ1n) is 7.85. The van der Waals surface area contributed by atoms with Crippen LogP contribution in [-0.4, -0.2) is 24.5 Å². The lowest BCUT2D eigenvalue weighted by Gasteiger charge is -2.37. The van der Waals surface area contributed by atoms with Gasteiger partial charge in [0, 0.05) is 12.6 Å². The van der Waals surface area contributed by atoms with Gasteiger partial charge in [-0.1, -0.05) is 31.9 Å². The van der Waals surface area contributed by atoms with E-state index in [1.807, 2.05) is 19.1 Å². The molecule has 1 saturated heterocycles. The molecule has 0 aromatic heterocycles. The monoisotopic (exact) mass is 278 g/mol. The van der Waals surface area contributed by atoms with Crippen LogP contribution in [0.1, 0.15) is 49.8 Å². The molecule has 2 rings (SSSR count). The molecule has 112 valence electrons. The molecule has 2 nitrogen and oxygen atoms in total. The summed E-state index contributed by atoms with van der Waals surface area (Å²) in [6.07, 6.45) is 5.16. The van der Waals surface area contributed by atoms with E-state index in [1.54, 1.807) is 6.07 Å². The first kappa shape index (κ1) is 15.5. The molecule has 0 spiro atoms. The lowest BCUT2D eigenvalue weighted by Crippen LogP contribution is -2.39. The standard InChI is InChI=1S/C17H27FN2/c1-3-4-14-7-9-20(10-8-14)17(12-19)15-5-6-16(18)13(2)11-15/h5-6,11,14,17H,3-4,7-10,12,19H2,1-2H3. The summed E-state index contributed by atoms with van der Waals surface area (Å²) < 4.78 is 13.4. The van der Waals surface area contributed by atoms with Crippen molar-refractivity contribution in [1.82, 2.24) is 4.90 Å². The fourth-order valence-corrected chi connectivity index (χ4v) is 3.33. The van der Waals surface area contributed by atoms with Crippen molar-refractivity contribution in [3.63, 3.8) is 0 Å². The molecule has 1 heterocycles. The Morgan fingerprint density at radius 2 is 2.05 bits per heavy atom. The highest BCUT2D eigenvalue weighted by molar-refractivity contribution is 5.27. The summed E-state index contributed by atoms with van der Waals surface area (Å²) in [4.78, 5) is 2.47. The summed E-state index contributed by atoms with van der Waals surface area (Å²) in [6.45, 7) is 6.91. The molecule has 2 N–H and O–H groups in total. The van der Waals surface area contributed by atoms with Crippen LogP contribution in [-0.2, 0) is 0 Å². The minimum atomic E-state index is -0.133. The first-order valence-corrected chi connectivity index (χ1v) is 7.85. The van der Waals surface area contributed by atoms with E-state index in [0.717, 1.165) is 24.6 Å². The van der Waals surface area contributed by atoms with Crippen LogP contribution < -0.4 is 5.73 Å². The zero-order valence-electron chi connectivity index (χ0n) is 12.7. The molecule has 1 atom stereocenters. The molecule has 3 heteroatoms. The van der Waals surface area contributed by atoms with Crippen LogP contribution in [0.3, 0.4) is 0 Å². The van der Waals surface area contributed by atoms with E-state index in [2.05, 4.69) is 11.8 Å². The second-order valence-electron chi connectivity index (χ2n) is 6.03. The number of nitrogens with two attached hydrogens (primary N) is 1. The molecule has 1 unspecified atom stereocenters. The number of aryl methyl sites for hydroxylation is 1. The predicted octanol–water partition coefficient (Wildman–Crippen LogP) is 3.65. The van der Waals surface area contributed by atoms with E-state index in [1.165, 1.54) is 25.7 Å². The summed E-state index contributed by atoms with van der Waals surface area (Å²) in [6, 6.07) is 5.64. The van der Waals surface area contributed by atoms with E-state index in [9.17, 15) is 4.39 Å². The Morgan fingerprint density at radius 3 is 2.60 bits per heavy atom. The molecule has 1 aromatic carbocycles. The van der Waals surface area contributed by atoms with Crippen LogP contribution in [0.4, 0.5) is 4.39 Å². The van der Waals surface area contributed by atoms with Crippen molar-refractivity contribution in [2.45, 2.75) is 45.6 Å². The number of likely N-dealkylation sites (tertiary alicyclic amines) is 1. The van der Waals surface area contributed by atoms with Crippen LogP contribution in [0.25, 0.3) is 0 Å². The Morgan fingerprint density at radius 1 is 1.35 bits per heavy atom. The van der Waals surface area contributed by atoms with Gasteiger partial charge in [-0.2, -0.15) is 0 Å². The summed E-state index contributed by atoms with van der Waals surface area (Å²) in [5, 5.41) is 0. The quantitative estimate of drug-likeness (QED) is 0.891. The van der Waals surface area contributed by atoms with Gasteiger partial charge < -0.3 is 5.73 Å². The van der Waals surface area contributed by atoms with Crippen molar-refractivity contribution in [3.8, 4) is 0 Å². The lowest BCUT2D eigenvalue weighted by atomic mass is 9.90. The largest absolute Gasteiger partial charge is 0.329 e. The third kappa shape index (κ3) is 3.58. The molecule has 0 amide bonds. The number of nitrogens with zero attached hydrogens (tertiary/aromatic N) is 1. The number of hydrogen-bond acceptors (Lipinski definition) is 2. The summed E-state index contributed by atoms with van der Waals surface area (Å²) in [5.41, 5.74) is 7.84. The van der Waals surface area contributed by atoms with Crippen LogP contribution in [0.15, 0.2) is 18.2 Å². The average molecular weight is 278 g/mol. The Balaban J connectivity index is 2.03. The van der Waals surface area contributed by atoms with Crippen LogP contribution in [0, 0.1) is 18.7 Å². The van der Waals surface area contributed by atoms with Gasteiger partial charge in [-0.25, -0.2) is 4.39 Å². The molecule has 1 aliphatic heterocycles. The van der Waals surface area contributed by atoms with E-state index < -0.39 is 0 Å². The van der Waals surface area contributed by atoms with Crippen molar-refractivity contribution in [2.75, 3.05) is 19.6 Å². The molecular weight excluding hydrogens is 251 g/mol. The molecule has 0 saturated carbocycles. The van der Waals surface area contributed by atoms with Crippen molar-refractivity contribution >= 4 is 0 Å². The van der Waals surface area contributed by atoms with Crippen molar-refractivity contribution < 1.29 is 4.39 Å². The lowest BCUT2D eigenvalue weighted by molar-refractivity contribution is 0.131. The maximum absolute atomic E-state index is 13.4. The average Bonchev–Trinajstić information content (AvgIpc) is 2.46. The van der Waals surface area contributed by atoms with Gasteiger partial charge in [0.15, 0.2) is 0 Å². The fraction of sp³-hybridized carbons (Fsp3) is 0.647. The van der Waals surface area contributed by atoms with Gasteiger partial charge in [0.25, 0.3) is 0 Å². The zero-order valence-corrected chi connectivity index (χ0v) is 12.7. The highest BCUT2D eigenvalue weighted by atomic mass is 19.1. The van der Waals surface area contributed by atoms with Gasteiger partial charge in [0.2, 0.25) is 0 Å². The number of halogens is 1. The minimum absolute atomic E-state index is 0.133. The molecule has 20 heavy (non-hydrogen) atoms.